The Morgan fingerprint density at radius 2 is 0.633 bits per heavy atom. The van der Waals surface area contributed by atoms with E-state index in [0.29, 0.717) is 0 Å². The van der Waals surface area contributed by atoms with Crippen molar-refractivity contribution in [2.75, 3.05) is 24.5 Å². The lowest BCUT2D eigenvalue weighted by atomic mass is 9.31. The molecule has 0 atom stereocenters. The molecular weight excluding hydrogens is 1100 g/mol. The Labute approximate surface area is 525 Å². The van der Waals surface area contributed by atoms with Crippen LogP contribution >= 0.6 is 0 Å². The zero-order valence-electron chi connectivity index (χ0n) is 49.7. The molecular formula is C81H57B2N5O2. The molecule has 0 saturated heterocycles. The Kier molecular flexibility index (Phi) is 11.7. The predicted molar refractivity (Wildman–Crippen MR) is 374 cm³/mol. The van der Waals surface area contributed by atoms with Gasteiger partial charge in [0.15, 0.2) is 0 Å². The van der Waals surface area contributed by atoms with Gasteiger partial charge in [0.2, 0.25) is 0 Å². The van der Waals surface area contributed by atoms with Crippen molar-refractivity contribution in [2.45, 2.75) is 19.3 Å². The van der Waals surface area contributed by atoms with Gasteiger partial charge in [0.05, 0.1) is 22.7 Å². The minimum atomic E-state index is -0.381. The Morgan fingerprint density at radius 3 is 1.11 bits per heavy atom. The molecule has 0 saturated carbocycles. The predicted octanol–water partition coefficient (Wildman–Crippen LogP) is 17.5. The first-order valence-corrected chi connectivity index (χ1v) is 31.1. The molecule has 0 unspecified atom stereocenters. The van der Waals surface area contributed by atoms with Gasteiger partial charge < -0.3 is 34.0 Å². The summed E-state index contributed by atoms with van der Waals surface area (Å²) in [6.45, 7) is 4.29. The van der Waals surface area contributed by atoms with E-state index in [1.165, 1.54) is 22.1 Å². The first-order chi connectivity index (χ1) is 44.4. The van der Waals surface area contributed by atoms with Crippen LogP contribution in [-0.4, -0.2) is 13.4 Å². The van der Waals surface area contributed by atoms with Crippen molar-refractivity contribution in [1.29, 1.82) is 0 Å². The molecule has 0 bridgehead atoms. The highest BCUT2D eigenvalue weighted by molar-refractivity contribution is 7.02. The number of rotatable bonds is 9. The quantitative estimate of drug-likeness (QED) is 0.133. The van der Waals surface area contributed by atoms with Crippen LogP contribution in [0, 0.1) is 0 Å². The molecule has 13 aromatic rings. The lowest BCUT2D eigenvalue weighted by Crippen LogP contribution is -2.63. The van der Waals surface area contributed by atoms with Gasteiger partial charge in [-0.1, -0.05) is 190 Å². The number of benzene rings is 13. The molecule has 9 heteroatoms. The summed E-state index contributed by atoms with van der Waals surface area (Å²) in [5.74, 6) is 3.26. The molecule has 13 aromatic carbocycles. The average Bonchev–Trinajstić information content (AvgIpc) is 0.727. The lowest BCUT2D eigenvalue weighted by Gasteiger charge is -2.45. The van der Waals surface area contributed by atoms with Crippen molar-refractivity contribution in [1.82, 2.24) is 0 Å². The van der Waals surface area contributed by atoms with Gasteiger partial charge in [-0.05, 0) is 153 Å². The number of nitrogens with zero attached hydrogens (tertiary/aromatic N) is 5. The summed E-state index contributed by atoms with van der Waals surface area (Å²) in [5, 5.41) is 0. The molecule has 0 aromatic heterocycles. The van der Waals surface area contributed by atoms with Crippen LogP contribution in [-0.2, 0) is 5.41 Å². The molecule has 5 heterocycles. The first kappa shape index (κ1) is 51.8. The topological polar surface area (TPSA) is 34.7 Å². The highest BCUT2D eigenvalue weighted by Crippen LogP contribution is 2.55. The lowest BCUT2D eigenvalue weighted by molar-refractivity contribution is 0.486. The molecule has 0 aliphatic carbocycles. The minimum Gasteiger partial charge on any atom is -0.458 e. The van der Waals surface area contributed by atoms with Gasteiger partial charge in [0.25, 0.3) is 13.4 Å². The zero-order valence-corrected chi connectivity index (χ0v) is 49.7. The summed E-state index contributed by atoms with van der Waals surface area (Å²) in [6.07, 6.45) is 0. The van der Waals surface area contributed by atoms with Crippen molar-refractivity contribution in [3.8, 4) is 23.0 Å². The van der Waals surface area contributed by atoms with Crippen molar-refractivity contribution < 1.29 is 9.47 Å². The number of hydrogen-bond donors (Lipinski definition) is 0. The summed E-state index contributed by atoms with van der Waals surface area (Å²) in [7, 11) is 0. The molecule has 5 aliphatic rings. The maximum absolute atomic E-state index is 7.75. The van der Waals surface area contributed by atoms with Crippen LogP contribution < -0.4 is 66.8 Å². The summed E-state index contributed by atoms with van der Waals surface area (Å²) < 4.78 is 15.4. The van der Waals surface area contributed by atoms with Crippen LogP contribution in [0.3, 0.4) is 0 Å². The monoisotopic (exact) mass is 1150 g/mol. The Bertz CT molecular complexity index is 4880. The molecule has 7 nitrogen and oxygen atoms in total. The third kappa shape index (κ3) is 7.95. The maximum atomic E-state index is 7.75. The molecule has 0 radical (unpaired) electrons. The van der Waals surface area contributed by atoms with E-state index in [9.17, 15) is 0 Å². The molecule has 424 valence electrons. The minimum absolute atomic E-state index is 0.201. The van der Waals surface area contributed by atoms with Gasteiger partial charge >= 0.3 is 0 Å². The van der Waals surface area contributed by atoms with E-state index in [0.717, 1.165) is 130 Å². The molecule has 0 spiro atoms. The van der Waals surface area contributed by atoms with Gasteiger partial charge in [0.1, 0.15) is 23.0 Å². The number of anilines is 15. The average molecular weight is 1150 g/mol. The summed E-state index contributed by atoms with van der Waals surface area (Å²) in [4.78, 5) is 12.0. The smallest absolute Gasteiger partial charge is 0.256 e. The van der Waals surface area contributed by atoms with Crippen molar-refractivity contribution in [2.24, 2.45) is 0 Å². The maximum Gasteiger partial charge on any atom is 0.256 e. The van der Waals surface area contributed by atoms with Crippen molar-refractivity contribution in [3.63, 3.8) is 0 Å². The number of fused-ring (bicyclic) bond motifs is 10. The highest BCUT2D eigenvalue weighted by Gasteiger charge is 2.49. The first-order valence-electron chi connectivity index (χ1n) is 31.1. The van der Waals surface area contributed by atoms with Crippen LogP contribution in [0.15, 0.2) is 309 Å². The van der Waals surface area contributed by atoms with E-state index in [1.54, 1.807) is 0 Å². The molecule has 5 aliphatic heterocycles. The fourth-order valence-electron chi connectivity index (χ4n) is 15.1. The van der Waals surface area contributed by atoms with Gasteiger partial charge in [-0.3, -0.25) is 0 Å². The number of para-hydroxylation sites is 9. The molecule has 90 heavy (non-hydrogen) atoms. The van der Waals surface area contributed by atoms with Gasteiger partial charge in [-0.25, -0.2) is 0 Å². The second kappa shape index (κ2) is 20.3. The Morgan fingerprint density at radius 1 is 0.267 bits per heavy atom. The number of ether oxygens (including phenoxy) is 2. The highest BCUT2D eigenvalue weighted by atomic mass is 16.5. The zero-order chi connectivity index (χ0) is 59.6. The summed E-state index contributed by atoms with van der Waals surface area (Å²) in [5.41, 5.74) is 24.8. The second-order valence-electron chi connectivity index (χ2n) is 24.4. The molecule has 0 amide bonds. The third-order valence-electron chi connectivity index (χ3n) is 19.0. The second-order valence-corrected chi connectivity index (χ2v) is 24.4. The Hall–Kier alpha value is -11.4. The standard InChI is InChI=1S/C81H57B2N5O2/c1-81(2)63-42-24-26-44-69(63)86(58-36-18-7-19-37-58)71-52-75-67(50-64(71)81)83-66-51-68-76(53-72(66)88(60-40-22-9-23-41-60)74-47-62(49-78(89-75)80(74)83)85(56-32-14-5-15-33-56)57-34-16-6-17-35-57)90-77-48-61(84(54-28-10-3-11-29-54)55-30-12-4-13-31-55)46-73-79(77)82(68)65-43-25-27-45-70(65)87(73)59-38-20-8-21-39-59/h3-53H,1-2H3. The van der Waals surface area contributed by atoms with Gasteiger partial charge in [-0.2, -0.15) is 0 Å². The van der Waals surface area contributed by atoms with E-state index in [4.69, 9.17) is 9.47 Å². The number of hydrogen-bond acceptors (Lipinski definition) is 7. The SMILES string of the molecule is CC1(C)c2ccccc2N(c2ccccc2)c2cc3c(cc21)B1c2cc4c(cc2N(c2ccccc2)c2cc(N(c5ccccc5)c5ccccc5)cc(c21)O3)Oc1cc(N(c2ccccc2)c2ccccc2)cc2c1B4c1ccccc1N2c1ccccc1. The fraction of sp³-hybridized carbons (Fsp3) is 0.0370. The summed E-state index contributed by atoms with van der Waals surface area (Å²) in [6, 6.07) is 112. The normalized spacial score (nSPS) is 13.8. The van der Waals surface area contributed by atoms with Crippen LogP contribution in [0.4, 0.5) is 85.3 Å². The fourth-order valence-corrected chi connectivity index (χ4v) is 15.1. The van der Waals surface area contributed by atoms with Gasteiger partial charge in [0, 0.05) is 92.2 Å². The van der Waals surface area contributed by atoms with E-state index in [2.05, 4.69) is 348 Å². The van der Waals surface area contributed by atoms with Crippen LogP contribution in [0.25, 0.3) is 0 Å². The summed E-state index contributed by atoms with van der Waals surface area (Å²) >= 11 is 0. The van der Waals surface area contributed by atoms with E-state index >= 15 is 0 Å². The largest absolute Gasteiger partial charge is 0.458 e. The van der Waals surface area contributed by atoms with Crippen LogP contribution in [0.5, 0.6) is 23.0 Å². The van der Waals surface area contributed by atoms with Crippen LogP contribution in [0.2, 0.25) is 0 Å². The van der Waals surface area contributed by atoms with E-state index in [-0.39, 0.29) is 18.8 Å². The molecule has 18 rings (SSSR count). The van der Waals surface area contributed by atoms with Gasteiger partial charge in [-0.15, -0.1) is 0 Å². The molecule has 0 N–H and O–H groups in total. The molecule has 0 fully saturated rings. The van der Waals surface area contributed by atoms with Crippen molar-refractivity contribution in [3.05, 3.63) is 321 Å². The Balaban J connectivity index is 0.922. The van der Waals surface area contributed by atoms with E-state index < -0.39 is 0 Å². The van der Waals surface area contributed by atoms with Crippen molar-refractivity contribution >= 4 is 132 Å². The third-order valence-corrected chi connectivity index (χ3v) is 19.0. The van der Waals surface area contributed by atoms with E-state index in [1.807, 2.05) is 0 Å². The van der Waals surface area contributed by atoms with Crippen LogP contribution in [0.1, 0.15) is 25.0 Å².